The lowest BCUT2D eigenvalue weighted by Crippen LogP contribution is -2.45. The second kappa shape index (κ2) is 9.57. The standard InChI is InChI=1S/C19H13F4N5O6S/c1-9(29)8-34-17-13(3-2-4-25-17)35-14-6-11(10(20)5-12(14)28(32)33)26-16(30)7-15(19(21,22)23)27(24)18(26)31/h2-7H,8,24H2,1H3. The normalized spacial score (nSPS) is 11.3. The van der Waals surface area contributed by atoms with Gasteiger partial charge in [-0.25, -0.2) is 23.4 Å². The summed E-state index contributed by atoms with van der Waals surface area (Å²) in [6, 6.07) is 3.97. The van der Waals surface area contributed by atoms with Crippen LogP contribution in [0, 0.1) is 15.9 Å². The zero-order chi connectivity index (χ0) is 26.1. The first-order chi connectivity index (χ1) is 16.3. The quantitative estimate of drug-likeness (QED) is 0.216. The summed E-state index contributed by atoms with van der Waals surface area (Å²) >= 11 is 0.619. The molecule has 0 radical (unpaired) electrons. The van der Waals surface area contributed by atoms with Crippen LogP contribution >= 0.6 is 11.8 Å². The summed E-state index contributed by atoms with van der Waals surface area (Å²) in [4.78, 5) is 50.3. The Morgan fingerprint density at radius 1 is 1.26 bits per heavy atom. The number of Topliss-reactive ketones (excluding diaryl/α,β-unsaturated/α-hetero) is 1. The van der Waals surface area contributed by atoms with Gasteiger partial charge in [-0.1, -0.05) is 11.8 Å². The number of pyridine rings is 1. The smallest absolute Gasteiger partial charge is 0.433 e. The van der Waals surface area contributed by atoms with Crippen LogP contribution in [0.5, 0.6) is 5.88 Å². The number of ether oxygens (including phenoxy) is 1. The summed E-state index contributed by atoms with van der Waals surface area (Å²) < 4.78 is 58.8. The van der Waals surface area contributed by atoms with Crippen molar-refractivity contribution in [1.82, 2.24) is 14.2 Å². The molecule has 0 unspecified atom stereocenters. The minimum Gasteiger partial charge on any atom is -0.469 e. The highest BCUT2D eigenvalue weighted by Crippen LogP contribution is 2.40. The number of carbonyl (C=O) groups is 1. The van der Waals surface area contributed by atoms with Crippen LogP contribution in [0.4, 0.5) is 23.2 Å². The number of nitro groups is 1. The minimum atomic E-state index is -5.15. The third-order valence-corrected chi connectivity index (χ3v) is 5.34. The van der Waals surface area contributed by atoms with Gasteiger partial charge in [0.25, 0.3) is 11.2 Å². The molecule has 0 aliphatic heterocycles. The number of benzene rings is 1. The number of rotatable bonds is 7. The Morgan fingerprint density at radius 2 is 1.94 bits per heavy atom. The molecule has 0 saturated heterocycles. The molecule has 35 heavy (non-hydrogen) atoms. The molecule has 0 amide bonds. The molecule has 3 rings (SSSR count). The molecule has 11 nitrogen and oxygen atoms in total. The maximum atomic E-state index is 14.8. The Kier molecular flexibility index (Phi) is 6.95. The number of hydrogen-bond acceptors (Lipinski definition) is 9. The van der Waals surface area contributed by atoms with E-state index >= 15 is 0 Å². The molecule has 0 bridgehead atoms. The number of halogens is 4. The molecule has 0 aliphatic carbocycles. The van der Waals surface area contributed by atoms with Crippen molar-refractivity contribution < 1.29 is 32.0 Å². The average Bonchev–Trinajstić information content (AvgIpc) is 2.76. The number of hydrogen-bond donors (Lipinski definition) is 1. The lowest BCUT2D eigenvalue weighted by molar-refractivity contribution is -0.387. The van der Waals surface area contributed by atoms with Crippen molar-refractivity contribution >= 4 is 23.2 Å². The Balaban J connectivity index is 2.20. The molecule has 0 spiro atoms. The van der Waals surface area contributed by atoms with Gasteiger partial charge in [0.15, 0.2) is 17.3 Å². The predicted molar refractivity (Wildman–Crippen MR) is 113 cm³/mol. The first-order valence-electron chi connectivity index (χ1n) is 9.26. The van der Waals surface area contributed by atoms with Gasteiger partial charge in [0.1, 0.15) is 6.61 Å². The summed E-state index contributed by atoms with van der Waals surface area (Å²) in [5.41, 5.74) is -6.75. The van der Waals surface area contributed by atoms with Crippen LogP contribution < -0.4 is 21.8 Å². The summed E-state index contributed by atoms with van der Waals surface area (Å²) in [7, 11) is 0. The Bertz CT molecular complexity index is 1450. The van der Waals surface area contributed by atoms with Gasteiger partial charge in [0, 0.05) is 12.3 Å². The van der Waals surface area contributed by atoms with E-state index in [-0.39, 0.29) is 43.4 Å². The summed E-state index contributed by atoms with van der Waals surface area (Å²) in [6.07, 6.45) is -3.84. The van der Waals surface area contributed by atoms with E-state index in [9.17, 15) is 42.1 Å². The number of aromatic nitrogens is 3. The fourth-order valence-electron chi connectivity index (χ4n) is 2.77. The number of alkyl halides is 3. The van der Waals surface area contributed by atoms with Gasteiger partial charge in [0.2, 0.25) is 5.88 Å². The van der Waals surface area contributed by atoms with E-state index in [0.717, 1.165) is 6.07 Å². The second-order valence-electron chi connectivity index (χ2n) is 6.78. The summed E-state index contributed by atoms with van der Waals surface area (Å²) in [5.74, 6) is 3.29. The van der Waals surface area contributed by atoms with E-state index in [2.05, 4.69) is 4.98 Å². The number of carbonyl (C=O) groups excluding carboxylic acids is 1. The third-order valence-electron chi connectivity index (χ3n) is 4.26. The van der Waals surface area contributed by atoms with Crippen molar-refractivity contribution in [2.45, 2.75) is 22.9 Å². The molecule has 184 valence electrons. The van der Waals surface area contributed by atoms with E-state index in [1.807, 2.05) is 0 Å². The van der Waals surface area contributed by atoms with E-state index in [0.29, 0.717) is 17.8 Å². The lowest BCUT2D eigenvalue weighted by Gasteiger charge is -2.15. The Labute approximate surface area is 195 Å². The van der Waals surface area contributed by atoms with Crippen LogP contribution in [0.25, 0.3) is 5.69 Å². The average molecular weight is 515 g/mol. The number of nitrogen functional groups attached to an aromatic ring is 1. The maximum Gasteiger partial charge on any atom is 0.433 e. The van der Waals surface area contributed by atoms with Crippen LogP contribution in [0.1, 0.15) is 12.6 Å². The SMILES string of the molecule is CC(=O)COc1ncccc1Sc1cc(-n2c(=O)cc(C(F)(F)F)n(N)c2=O)c(F)cc1[N+](=O)[O-]. The van der Waals surface area contributed by atoms with E-state index in [4.69, 9.17) is 10.6 Å². The van der Waals surface area contributed by atoms with Gasteiger partial charge >= 0.3 is 11.9 Å². The van der Waals surface area contributed by atoms with Crippen LogP contribution in [-0.2, 0) is 11.0 Å². The zero-order valence-corrected chi connectivity index (χ0v) is 18.2. The van der Waals surface area contributed by atoms with Crippen LogP contribution in [0.2, 0.25) is 0 Å². The topological polar surface area (TPSA) is 152 Å². The maximum absolute atomic E-state index is 14.8. The van der Waals surface area contributed by atoms with E-state index in [1.54, 1.807) is 0 Å². The molecule has 2 aromatic heterocycles. The fraction of sp³-hybridized carbons (Fsp3) is 0.158. The lowest BCUT2D eigenvalue weighted by atomic mass is 10.2. The van der Waals surface area contributed by atoms with Gasteiger partial charge in [-0.2, -0.15) is 13.2 Å². The Morgan fingerprint density at radius 3 is 2.54 bits per heavy atom. The van der Waals surface area contributed by atoms with Crippen molar-refractivity contribution in [2.75, 3.05) is 12.4 Å². The minimum absolute atomic E-state index is 0.00869. The number of nitrogens with two attached hydrogens (primary N) is 1. The molecule has 0 atom stereocenters. The first-order valence-corrected chi connectivity index (χ1v) is 10.1. The van der Waals surface area contributed by atoms with E-state index < -0.39 is 45.2 Å². The molecule has 3 aromatic rings. The van der Waals surface area contributed by atoms with Crippen LogP contribution in [0.15, 0.2) is 55.9 Å². The first kappa shape index (κ1) is 25.4. The Hall–Kier alpha value is -4.21. The number of nitro benzene ring substituents is 1. The molecule has 0 saturated carbocycles. The van der Waals surface area contributed by atoms with Crippen molar-refractivity contribution in [1.29, 1.82) is 0 Å². The molecular formula is C19H13F4N5O6S. The van der Waals surface area contributed by atoms with Crippen LogP contribution in [0.3, 0.4) is 0 Å². The van der Waals surface area contributed by atoms with Crippen molar-refractivity contribution in [3.8, 4) is 11.6 Å². The fourth-order valence-corrected chi connectivity index (χ4v) is 3.77. The van der Waals surface area contributed by atoms with E-state index in [1.165, 1.54) is 25.3 Å². The summed E-state index contributed by atoms with van der Waals surface area (Å²) in [5, 5.41) is 11.5. The molecule has 0 aliphatic rings. The molecule has 1 aromatic carbocycles. The highest BCUT2D eigenvalue weighted by Gasteiger charge is 2.36. The highest BCUT2D eigenvalue weighted by atomic mass is 32.2. The molecular weight excluding hydrogens is 502 g/mol. The monoisotopic (exact) mass is 515 g/mol. The van der Waals surface area contributed by atoms with Gasteiger partial charge in [-0.05, 0) is 25.1 Å². The number of ketones is 1. The van der Waals surface area contributed by atoms with Gasteiger partial charge in [-0.15, -0.1) is 0 Å². The van der Waals surface area contributed by atoms with Gasteiger partial charge in [0.05, 0.1) is 26.5 Å². The van der Waals surface area contributed by atoms with Crippen molar-refractivity contribution in [2.24, 2.45) is 0 Å². The number of nitrogens with zero attached hydrogens (tertiary/aromatic N) is 4. The molecule has 16 heteroatoms. The zero-order valence-electron chi connectivity index (χ0n) is 17.4. The van der Waals surface area contributed by atoms with Gasteiger partial charge in [-0.3, -0.25) is 19.7 Å². The highest BCUT2D eigenvalue weighted by molar-refractivity contribution is 7.99. The third kappa shape index (κ3) is 5.32. The predicted octanol–water partition coefficient (Wildman–Crippen LogP) is 2.29. The van der Waals surface area contributed by atoms with Crippen molar-refractivity contribution in [3.05, 3.63) is 79.0 Å². The van der Waals surface area contributed by atoms with Gasteiger partial charge < -0.3 is 10.6 Å². The van der Waals surface area contributed by atoms with Crippen molar-refractivity contribution in [3.63, 3.8) is 0 Å². The molecule has 0 fully saturated rings. The summed E-state index contributed by atoms with van der Waals surface area (Å²) in [6.45, 7) is 0.886. The second-order valence-corrected chi connectivity index (χ2v) is 7.87. The van der Waals surface area contributed by atoms with Crippen LogP contribution in [-0.4, -0.2) is 31.5 Å². The largest absolute Gasteiger partial charge is 0.469 e. The molecule has 2 N–H and O–H groups in total. The molecule has 2 heterocycles.